The summed E-state index contributed by atoms with van der Waals surface area (Å²) >= 11 is 0. The van der Waals surface area contributed by atoms with E-state index in [1.807, 2.05) is 12.2 Å². The van der Waals surface area contributed by atoms with Crippen molar-refractivity contribution in [3.05, 3.63) is 41.2 Å². The Bertz CT molecular complexity index is 523. The fraction of sp³-hybridized carbons (Fsp3) is 0. The van der Waals surface area contributed by atoms with Gasteiger partial charge in [-0.2, -0.15) is 0 Å². The van der Waals surface area contributed by atoms with Crippen molar-refractivity contribution in [3.63, 3.8) is 0 Å². The van der Waals surface area contributed by atoms with E-state index in [1.54, 1.807) is 12.1 Å². The molecule has 0 heterocycles. The molecule has 0 aromatic heterocycles. The van der Waals surface area contributed by atoms with E-state index >= 15 is 0 Å². The zero-order valence-electron chi connectivity index (χ0n) is 7.29. The quantitative estimate of drug-likeness (QED) is 0.571. The molecular weight excluding hydrogens is 179 g/mol. The van der Waals surface area contributed by atoms with Crippen LogP contribution in [-0.4, -0.2) is 5.11 Å². The van der Waals surface area contributed by atoms with E-state index in [9.17, 15) is 9.50 Å². The zero-order valence-corrected chi connectivity index (χ0v) is 7.29. The molecule has 0 radical (unpaired) electrons. The van der Waals surface area contributed by atoms with Gasteiger partial charge in [0.2, 0.25) is 0 Å². The van der Waals surface area contributed by atoms with Crippen molar-refractivity contribution in [2.24, 2.45) is 0 Å². The topological polar surface area (TPSA) is 20.2 Å². The van der Waals surface area contributed by atoms with Crippen molar-refractivity contribution in [1.29, 1.82) is 0 Å². The predicted octanol–water partition coefficient (Wildman–Crippen LogP) is 3.17. The molecule has 0 spiro atoms. The molecule has 0 fully saturated rings. The summed E-state index contributed by atoms with van der Waals surface area (Å²) in [6.45, 7) is 0. The Hall–Kier alpha value is -1.83. The highest BCUT2D eigenvalue weighted by Crippen LogP contribution is 2.37. The predicted molar refractivity (Wildman–Crippen MR) is 54.5 cm³/mol. The number of phenolic OH excluding ortho intramolecular Hbond substituents is 1. The third-order valence-electron chi connectivity index (χ3n) is 2.59. The van der Waals surface area contributed by atoms with Gasteiger partial charge in [-0.3, -0.25) is 0 Å². The fourth-order valence-electron chi connectivity index (χ4n) is 1.95. The molecule has 2 aromatic carbocycles. The number of halogens is 1. The van der Waals surface area contributed by atoms with E-state index in [2.05, 4.69) is 0 Å². The van der Waals surface area contributed by atoms with Crippen LogP contribution in [0.4, 0.5) is 4.39 Å². The summed E-state index contributed by atoms with van der Waals surface area (Å²) < 4.78 is 13.4. The molecule has 1 aliphatic carbocycles. The van der Waals surface area contributed by atoms with E-state index in [1.165, 1.54) is 12.1 Å². The van der Waals surface area contributed by atoms with Crippen LogP contribution in [0.25, 0.3) is 22.9 Å². The highest BCUT2D eigenvalue weighted by atomic mass is 19.1. The molecule has 68 valence electrons. The maximum atomic E-state index is 13.4. The molecule has 0 saturated heterocycles. The number of rotatable bonds is 0. The van der Waals surface area contributed by atoms with Crippen molar-refractivity contribution in [2.75, 3.05) is 0 Å². The molecule has 0 bridgehead atoms. The number of phenols is 1. The number of hydrogen-bond donors (Lipinski definition) is 1. The van der Waals surface area contributed by atoms with Crippen LogP contribution in [0.2, 0.25) is 0 Å². The number of benzene rings is 2. The molecule has 2 aromatic rings. The first-order chi connectivity index (χ1) is 6.77. The normalized spacial score (nSPS) is 12.6. The lowest BCUT2D eigenvalue weighted by Crippen LogP contribution is -1.84. The molecular formula is C12H7FO. The Balaban J connectivity index is 2.64. The lowest BCUT2D eigenvalue weighted by molar-refractivity contribution is 0.478. The minimum atomic E-state index is -0.369. The summed E-state index contributed by atoms with van der Waals surface area (Å²) in [5.41, 5.74) is 1.93. The van der Waals surface area contributed by atoms with Gasteiger partial charge >= 0.3 is 0 Å². The van der Waals surface area contributed by atoms with E-state index in [-0.39, 0.29) is 11.6 Å². The Labute approximate surface area is 80.1 Å². The molecule has 0 unspecified atom stereocenters. The summed E-state index contributed by atoms with van der Waals surface area (Å²) in [4.78, 5) is 0. The van der Waals surface area contributed by atoms with Crippen LogP contribution in [0.15, 0.2) is 24.3 Å². The van der Waals surface area contributed by atoms with Gasteiger partial charge in [-0.15, -0.1) is 0 Å². The van der Waals surface area contributed by atoms with Gasteiger partial charge < -0.3 is 5.11 Å². The van der Waals surface area contributed by atoms with Crippen molar-refractivity contribution in [3.8, 4) is 5.75 Å². The Morgan fingerprint density at radius 2 is 1.50 bits per heavy atom. The third-order valence-corrected chi connectivity index (χ3v) is 2.59. The van der Waals surface area contributed by atoms with Crippen LogP contribution >= 0.6 is 0 Å². The second-order valence-corrected chi connectivity index (χ2v) is 3.39. The maximum absolute atomic E-state index is 13.4. The average molecular weight is 186 g/mol. The third kappa shape index (κ3) is 0.777. The summed E-state index contributed by atoms with van der Waals surface area (Å²) in [5, 5.41) is 10.7. The summed E-state index contributed by atoms with van der Waals surface area (Å²) in [6, 6.07) is 6.44. The maximum Gasteiger partial charge on any atom is 0.134 e. The lowest BCUT2D eigenvalue weighted by Gasteiger charge is -2.04. The van der Waals surface area contributed by atoms with Crippen LogP contribution < -0.4 is 0 Å². The zero-order chi connectivity index (χ0) is 9.71. The van der Waals surface area contributed by atoms with Crippen LogP contribution in [-0.2, 0) is 0 Å². The number of aromatic hydroxyl groups is 1. The van der Waals surface area contributed by atoms with Crippen LogP contribution in [0.5, 0.6) is 5.75 Å². The smallest absolute Gasteiger partial charge is 0.134 e. The van der Waals surface area contributed by atoms with Crippen LogP contribution in [0.1, 0.15) is 11.1 Å². The van der Waals surface area contributed by atoms with Crippen molar-refractivity contribution >= 4 is 22.9 Å². The first kappa shape index (κ1) is 7.56. The minimum absolute atomic E-state index is 0.00630. The highest BCUT2D eigenvalue weighted by Gasteiger charge is 2.14. The lowest BCUT2D eigenvalue weighted by atomic mass is 10.0. The van der Waals surface area contributed by atoms with Crippen molar-refractivity contribution in [2.45, 2.75) is 0 Å². The molecule has 2 heteroatoms. The molecule has 14 heavy (non-hydrogen) atoms. The summed E-state index contributed by atoms with van der Waals surface area (Å²) in [5.74, 6) is -0.362. The molecule has 1 aliphatic rings. The van der Waals surface area contributed by atoms with Gasteiger partial charge in [0.05, 0.1) is 5.39 Å². The SMILES string of the molecule is Oc1ccc2c3c(ccc(F)c13)C=C2. The fourth-order valence-corrected chi connectivity index (χ4v) is 1.95. The molecule has 1 nitrogen and oxygen atoms in total. The first-order valence-electron chi connectivity index (χ1n) is 4.39. The molecule has 0 aliphatic heterocycles. The molecule has 3 rings (SSSR count). The van der Waals surface area contributed by atoms with Gasteiger partial charge in [-0.05, 0) is 23.3 Å². The summed E-state index contributed by atoms with van der Waals surface area (Å²) in [6.07, 6.45) is 3.85. The van der Waals surface area contributed by atoms with Gasteiger partial charge in [0.25, 0.3) is 0 Å². The Morgan fingerprint density at radius 3 is 2.21 bits per heavy atom. The largest absolute Gasteiger partial charge is 0.507 e. The van der Waals surface area contributed by atoms with E-state index < -0.39 is 0 Å². The van der Waals surface area contributed by atoms with Crippen molar-refractivity contribution < 1.29 is 9.50 Å². The average Bonchev–Trinajstić information content (AvgIpc) is 2.58. The monoisotopic (exact) mass is 186 g/mol. The van der Waals surface area contributed by atoms with Gasteiger partial charge in [-0.25, -0.2) is 4.39 Å². The Morgan fingerprint density at radius 1 is 0.857 bits per heavy atom. The molecule has 0 saturated carbocycles. The van der Waals surface area contributed by atoms with Gasteiger partial charge in [0.1, 0.15) is 11.6 Å². The van der Waals surface area contributed by atoms with Crippen molar-refractivity contribution in [1.82, 2.24) is 0 Å². The second kappa shape index (κ2) is 2.35. The van der Waals surface area contributed by atoms with Gasteiger partial charge in [-0.1, -0.05) is 24.3 Å². The Kier molecular flexibility index (Phi) is 1.27. The van der Waals surface area contributed by atoms with Gasteiger partial charge in [0, 0.05) is 5.39 Å². The standard InChI is InChI=1S/C12H7FO/c13-9-5-3-7-1-2-8-4-6-10(14)12(9)11(7)8/h1-6,14H. The van der Waals surface area contributed by atoms with Crippen LogP contribution in [0.3, 0.4) is 0 Å². The van der Waals surface area contributed by atoms with E-state index in [0.29, 0.717) is 5.39 Å². The highest BCUT2D eigenvalue weighted by molar-refractivity contribution is 6.07. The minimum Gasteiger partial charge on any atom is -0.507 e. The molecule has 1 N–H and O–H groups in total. The molecule has 0 atom stereocenters. The first-order valence-corrected chi connectivity index (χ1v) is 4.39. The van der Waals surface area contributed by atoms with Gasteiger partial charge in [0.15, 0.2) is 0 Å². The second-order valence-electron chi connectivity index (χ2n) is 3.39. The van der Waals surface area contributed by atoms with E-state index in [0.717, 1.165) is 16.5 Å². The summed E-state index contributed by atoms with van der Waals surface area (Å²) in [7, 11) is 0. The van der Waals surface area contributed by atoms with Crippen LogP contribution in [0, 0.1) is 5.82 Å². The molecule has 0 amide bonds. The number of hydrogen-bond acceptors (Lipinski definition) is 1. The van der Waals surface area contributed by atoms with E-state index in [4.69, 9.17) is 0 Å².